The number of benzene rings is 1. The van der Waals surface area contributed by atoms with E-state index in [9.17, 15) is 0 Å². The Kier molecular flexibility index (Phi) is 6.56. The average Bonchev–Trinajstić information content (AvgIpc) is 2.31. The van der Waals surface area contributed by atoms with E-state index in [1.165, 1.54) is 11.1 Å². The van der Waals surface area contributed by atoms with Gasteiger partial charge in [-0.2, -0.15) is 0 Å². The molecule has 0 radical (unpaired) electrons. The minimum Gasteiger partial charge on any atom is -0.382 e. The molecule has 0 fully saturated rings. The second kappa shape index (κ2) is 7.70. The molecule has 0 aliphatic carbocycles. The molecule has 0 aliphatic heterocycles. The predicted octanol–water partition coefficient (Wildman–Crippen LogP) is 3.21. The van der Waals surface area contributed by atoms with Crippen molar-refractivity contribution in [1.29, 1.82) is 0 Å². The van der Waals surface area contributed by atoms with Crippen molar-refractivity contribution < 1.29 is 4.74 Å². The normalized spacial score (nSPS) is 12.7. The lowest BCUT2D eigenvalue weighted by Crippen LogP contribution is -2.29. The highest BCUT2D eigenvalue weighted by Gasteiger charge is 2.09. The molecule has 0 spiro atoms. The van der Waals surface area contributed by atoms with Gasteiger partial charge in [0.2, 0.25) is 0 Å². The van der Waals surface area contributed by atoms with Gasteiger partial charge in [-0.05, 0) is 50.9 Å². The van der Waals surface area contributed by atoms with Crippen LogP contribution in [0, 0.1) is 6.92 Å². The minimum absolute atomic E-state index is 0.418. The fourth-order valence-electron chi connectivity index (χ4n) is 1.80. The Morgan fingerprint density at radius 1 is 1.41 bits per heavy atom. The number of hydrogen-bond donors (Lipinski definition) is 1. The Balaban J connectivity index is 2.54. The van der Waals surface area contributed by atoms with E-state index in [2.05, 4.69) is 24.4 Å². The highest BCUT2D eigenvalue weighted by atomic mass is 35.5. The van der Waals surface area contributed by atoms with Crippen LogP contribution in [0.5, 0.6) is 0 Å². The fourth-order valence-corrected chi connectivity index (χ4v) is 2.11. The third-order valence-corrected chi connectivity index (χ3v) is 3.25. The standard InChI is InChI=1S/C14H22ClNO/c1-4-17-8-7-13(16-3)10-12-6-5-11(2)9-14(12)15/h5-6,9,13,16H,4,7-8,10H2,1-3H3. The molecule has 17 heavy (non-hydrogen) atoms. The summed E-state index contributed by atoms with van der Waals surface area (Å²) in [6, 6.07) is 6.66. The van der Waals surface area contributed by atoms with E-state index in [1.54, 1.807) is 0 Å². The van der Waals surface area contributed by atoms with Crippen molar-refractivity contribution in [3.63, 3.8) is 0 Å². The summed E-state index contributed by atoms with van der Waals surface area (Å²) in [7, 11) is 1.98. The summed E-state index contributed by atoms with van der Waals surface area (Å²) in [4.78, 5) is 0. The molecule has 1 atom stereocenters. The van der Waals surface area contributed by atoms with Gasteiger partial charge in [0.05, 0.1) is 0 Å². The van der Waals surface area contributed by atoms with Crippen molar-refractivity contribution in [2.45, 2.75) is 32.7 Å². The van der Waals surface area contributed by atoms with Gasteiger partial charge in [0.15, 0.2) is 0 Å². The topological polar surface area (TPSA) is 21.3 Å². The Hall–Kier alpha value is -0.570. The summed E-state index contributed by atoms with van der Waals surface area (Å²) in [5.41, 5.74) is 2.40. The third-order valence-electron chi connectivity index (χ3n) is 2.90. The Morgan fingerprint density at radius 2 is 2.18 bits per heavy atom. The van der Waals surface area contributed by atoms with Crippen molar-refractivity contribution in [1.82, 2.24) is 5.32 Å². The summed E-state index contributed by atoms with van der Waals surface area (Å²) in [5, 5.41) is 4.18. The molecule has 0 heterocycles. The van der Waals surface area contributed by atoms with E-state index < -0.39 is 0 Å². The average molecular weight is 256 g/mol. The third kappa shape index (κ3) is 5.07. The van der Waals surface area contributed by atoms with Crippen LogP contribution in [0.2, 0.25) is 5.02 Å². The monoisotopic (exact) mass is 255 g/mol. The molecule has 0 saturated carbocycles. The number of rotatable bonds is 7. The Morgan fingerprint density at radius 3 is 2.76 bits per heavy atom. The smallest absolute Gasteiger partial charge is 0.0480 e. The summed E-state index contributed by atoms with van der Waals surface area (Å²) in [6.07, 6.45) is 1.96. The van der Waals surface area contributed by atoms with Gasteiger partial charge in [0, 0.05) is 24.3 Å². The van der Waals surface area contributed by atoms with Crippen molar-refractivity contribution in [2.75, 3.05) is 20.3 Å². The summed E-state index contributed by atoms with van der Waals surface area (Å²) in [5.74, 6) is 0. The predicted molar refractivity (Wildman–Crippen MR) is 73.9 cm³/mol. The van der Waals surface area contributed by atoms with Crippen LogP contribution >= 0.6 is 11.6 Å². The minimum atomic E-state index is 0.418. The van der Waals surface area contributed by atoms with Crippen LogP contribution in [0.1, 0.15) is 24.5 Å². The number of likely N-dealkylation sites (N-methyl/N-ethyl adjacent to an activating group) is 1. The van der Waals surface area contributed by atoms with Gasteiger partial charge in [-0.3, -0.25) is 0 Å². The fraction of sp³-hybridized carbons (Fsp3) is 0.571. The lowest BCUT2D eigenvalue weighted by Gasteiger charge is -2.17. The highest BCUT2D eigenvalue weighted by Crippen LogP contribution is 2.19. The van der Waals surface area contributed by atoms with E-state index in [0.717, 1.165) is 31.1 Å². The molecule has 1 N–H and O–H groups in total. The van der Waals surface area contributed by atoms with Gasteiger partial charge in [-0.25, -0.2) is 0 Å². The van der Waals surface area contributed by atoms with Crippen molar-refractivity contribution in [2.24, 2.45) is 0 Å². The lowest BCUT2D eigenvalue weighted by atomic mass is 10.0. The van der Waals surface area contributed by atoms with Crippen molar-refractivity contribution >= 4 is 11.6 Å². The molecule has 0 aliphatic rings. The first kappa shape index (κ1) is 14.5. The zero-order valence-electron chi connectivity index (χ0n) is 10.9. The van der Waals surface area contributed by atoms with E-state index in [4.69, 9.17) is 16.3 Å². The molecule has 2 nitrogen and oxygen atoms in total. The maximum Gasteiger partial charge on any atom is 0.0480 e. The van der Waals surface area contributed by atoms with E-state index in [1.807, 2.05) is 20.0 Å². The van der Waals surface area contributed by atoms with Gasteiger partial charge >= 0.3 is 0 Å². The van der Waals surface area contributed by atoms with E-state index >= 15 is 0 Å². The second-order valence-electron chi connectivity index (χ2n) is 4.27. The molecule has 0 amide bonds. The zero-order chi connectivity index (χ0) is 12.7. The lowest BCUT2D eigenvalue weighted by molar-refractivity contribution is 0.137. The first-order valence-electron chi connectivity index (χ1n) is 6.17. The van der Waals surface area contributed by atoms with Gasteiger partial charge in [-0.15, -0.1) is 0 Å². The van der Waals surface area contributed by atoms with Crippen LogP contribution in [0.3, 0.4) is 0 Å². The molecular formula is C14H22ClNO. The van der Waals surface area contributed by atoms with Gasteiger partial charge in [0.1, 0.15) is 0 Å². The summed E-state index contributed by atoms with van der Waals surface area (Å²) >= 11 is 6.23. The summed E-state index contributed by atoms with van der Waals surface area (Å²) < 4.78 is 5.38. The van der Waals surface area contributed by atoms with Crippen LogP contribution in [0.4, 0.5) is 0 Å². The number of aryl methyl sites for hydroxylation is 1. The molecule has 0 aromatic heterocycles. The van der Waals surface area contributed by atoms with Crippen LogP contribution < -0.4 is 5.32 Å². The SMILES string of the molecule is CCOCCC(Cc1ccc(C)cc1Cl)NC. The van der Waals surface area contributed by atoms with Crippen LogP contribution in [0.25, 0.3) is 0 Å². The van der Waals surface area contributed by atoms with Crippen LogP contribution in [0.15, 0.2) is 18.2 Å². The number of nitrogens with one attached hydrogen (secondary N) is 1. The largest absolute Gasteiger partial charge is 0.382 e. The number of ether oxygens (including phenoxy) is 1. The molecule has 1 rings (SSSR count). The quantitative estimate of drug-likeness (QED) is 0.756. The van der Waals surface area contributed by atoms with Gasteiger partial charge in [-0.1, -0.05) is 23.7 Å². The molecule has 96 valence electrons. The number of hydrogen-bond acceptors (Lipinski definition) is 2. The second-order valence-corrected chi connectivity index (χ2v) is 4.68. The molecule has 1 unspecified atom stereocenters. The van der Waals surface area contributed by atoms with E-state index in [0.29, 0.717) is 6.04 Å². The Bertz CT molecular complexity index is 341. The molecule has 3 heteroatoms. The molecule has 1 aromatic carbocycles. The van der Waals surface area contributed by atoms with Crippen molar-refractivity contribution in [3.8, 4) is 0 Å². The van der Waals surface area contributed by atoms with Gasteiger partial charge in [0.25, 0.3) is 0 Å². The van der Waals surface area contributed by atoms with Crippen LogP contribution in [-0.4, -0.2) is 26.3 Å². The maximum atomic E-state index is 6.23. The van der Waals surface area contributed by atoms with Gasteiger partial charge < -0.3 is 10.1 Å². The van der Waals surface area contributed by atoms with Crippen molar-refractivity contribution in [3.05, 3.63) is 34.3 Å². The highest BCUT2D eigenvalue weighted by molar-refractivity contribution is 6.31. The summed E-state index contributed by atoms with van der Waals surface area (Å²) in [6.45, 7) is 5.65. The van der Waals surface area contributed by atoms with Crippen LogP contribution in [-0.2, 0) is 11.2 Å². The zero-order valence-corrected chi connectivity index (χ0v) is 11.7. The number of halogens is 1. The molecule has 0 saturated heterocycles. The first-order chi connectivity index (χ1) is 8.17. The Labute approximate surface area is 109 Å². The molecule has 1 aromatic rings. The first-order valence-corrected chi connectivity index (χ1v) is 6.55. The molecular weight excluding hydrogens is 234 g/mol. The molecule has 0 bridgehead atoms. The maximum absolute atomic E-state index is 6.23. The van der Waals surface area contributed by atoms with E-state index in [-0.39, 0.29) is 0 Å².